The Kier molecular flexibility index (Phi) is 3.98. The van der Waals surface area contributed by atoms with Crippen LogP contribution in [0.4, 0.5) is 0 Å². The van der Waals surface area contributed by atoms with E-state index in [2.05, 4.69) is 62.4 Å². The van der Waals surface area contributed by atoms with Crippen molar-refractivity contribution >= 4 is 0 Å². The quantitative estimate of drug-likeness (QED) is 0.685. The number of aryl methyl sites for hydroxylation is 2. The van der Waals surface area contributed by atoms with Gasteiger partial charge in [0.05, 0.1) is 0 Å². The third-order valence-corrected chi connectivity index (χ3v) is 3.25. The Labute approximate surface area is 104 Å². The van der Waals surface area contributed by atoms with Gasteiger partial charge in [-0.3, -0.25) is 0 Å². The summed E-state index contributed by atoms with van der Waals surface area (Å²) >= 11 is 0. The molecule has 0 nitrogen and oxygen atoms in total. The van der Waals surface area contributed by atoms with Crippen molar-refractivity contribution in [2.45, 2.75) is 33.1 Å². The standard InChI is InChI=1S/C17H20/c1-3-4-8-15-11-12-17(13-14(15)2)16-9-6-5-7-10-16/h5-7,9-13H,3-4,8H2,1-2H3. The minimum Gasteiger partial charge on any atom is -0.0654 e. The van der Waals surface area contributed by atoms with Gasteiger partial charge in [0.2, 0.25) is 0 Å². The summed E-state index contributed by atoms with van der Waals surface area (Å²) in [4.78, 5) is 0. The van der Waals surface area contributed by atoms with E-state index in [1.165, 1.54) is 41.5 Å². The molecule has 0 aliphatic carbocycles. The lowest BCUT2D eigenvalue weighted by Gasteiger charge is -2.08. The fraction of sp³-hybridized carbons (Fsp3) is 0.294. The summed E-state index contributed by atoms with van der Waals surface area (Å²) in [7, 11) is 0. The average Bonchev–Trinajstić information content (AvgIpc) is 2.38. The topological polar surface area (TPSA) is 0 Å². The first-order chi connectivity index (χ1) is 8.31. The Morgan fingerprint density at radius 1 is 0.882 bits per heavy atom. The van der Waals surface area contributed by atoms with E-state index in [-0.39, 0.29) is 0 Å². The molecule has 0 spiro atoms. The van der Waals surface area contributed by atoms with Crippen molar-refractivity contribution in [1.82, 2.24) is 0 Å². The second kappa shape index (κ2) is 5.67. The number of hydrogen-bond acceptors (Lipinski definition) is 0. The zero-order valence-electron chi connectivity index (χ0n) is 10.7. The van der Waals surface area contributed by atoms with Crippen LogP contribution in [0.1, 0.15) is 30.9 Å². The van der Waals surface area contributed by atoms with Gasteiger partial charge in [0, 0.05) is 0 Å². The molecule has 17 heavy (non-hydrogen) atoms. The van der Waals surface area contributed by atoms with Crippen LogP contribution in [0.5, 0.6) is 0 Å². The molecule has 2 aromatic carbocycles. The summed E-state index contributed by atoms with van der Waals surface area (Å²) in [6, 6.07) is 17.4. The highest BCUT2D eigenvalue weighted by atomic mass is 14.1. The van der Waals surface area contributed by atoms with Crippen molar-refractivity contribution in [3.8, 4) is 11.1 Å². The molecule has 2 rings (SSSR count). The first kappa shape index (κ1) is 11.9. The smallest absolute Gasteiger partial charge is 0.0181 e. The van der Waals surface area contributed by atoms with Crippen LogP contribution in [-0.4, -0.2) is 0 Å². The maximum Gasteiger partial charge on any atom is -0.0181 e. The largest absolute Gasteiger partial charge is 0.0654 e. The van der Waals surface area contributed by atoms with Crippen molar-refractivity contribution in [3.63, 3.8) is 0 Å². The second-order valence-electron chi connectivity index (χ2n) is 4.61. The van der Waals surface area contributed by atoms with E-state index < -0.39 is 0 Å². The van der Waals surface area contributed by atoms with Crippen molar-refractivity contribution in [1.29, 1.82) is 0 Å². The predicted molar refractivity (Wildman–Crippen MR) is 75.2 cm³/mol. The van der Waals surface area contributed by atoms with Gasteiger partial charge in [-0.1, -0.05) is 61.9 Å². The Bertz CT molecular complexity index is 469. The third kappa shape index (κ3) is 2.97. The maximum absolute atomic E-state index is 2.31. The van der Waals surface area contributed by atoms with Gasteiger partial charge in [-0.2, -0.15) is 0 Å². The number of hydrogen-bond donors (Lipinski definition) is 0. The van der Waals surface area contributed by atoms with Gasteiger partial charge in [0.1, 0.15) is 0 Å². The minimum atomic E-state index is 1.21. The lowest BCUT2D eigenvalue weighted by molar-refractivity contribution is 0.791. The first-order valence-corrected chi connectivity index (χ1v) is 6.46. The van der Waals surface area contributed by atoms with Crippen LogP contribution >= 0.6 is 0 Å². The van der Waals surface area contributed by atoms with Crippen LogP contribution in [0.15, 0.2) is 48.5 Å². The van der Waals surface area contributed by atoms with Crippen molar-refractivity contribution in [3.05, 3.63) is 59.7 Å². The Hall–Kier alpha value is -1.56. The molecule has 0 N–H and O–H groups in total. The molecule has 2 aromatic rings. The van der Waals surface area contributed by atoms with Crippen LogP contribution in [0.3, 0.4) is 0 Å². The maximum atomic E-state index is 2.31. The Balaban J connectivity index is 2.25. The zero-order valence-corrected chi connectivity index (χ0v) is 10.7. The van der Waals surface area contributed by atoms with E-state index in [9.17, 15) is 0 Å². The second-order valence-corrected chi connectivity index (χ2v) is 4.61. The highest BCUT2D eigenvalue weighted by Gasteiger charge is 2.01. The van der Waals surface area contributed by atoms with Gasteiger partial charge >= 0.3 is 0 Å². The van der Waals surface area contributed by atoms with Crippen LogP contribution < -0.4 is 0 Å². The molecule has 88 valence electrons. The van der Waals surface area contributed by atoms with Crippen molar-refractivity contribution in [2.24, 2.45) is 0 Å². The SMILES string of the molecule is CCCCc1ccc(-c2ccccc2)cc1C. The molecule has 0 radical (unpaired) electrons. The summed E-state index contributed by atoms with van der Waals surface area (Å²) in [6.07, 6.45) is 3.75. The molecule has 0 bridgehead atoms. The van der Waals surface area contributed by atoms with Crippen molar-refractivity contribution < 1.29 is 0 Å². The van der Waals surface area contributed by atoms with Crippen LogP contribution in [0.2, 0.25) is 0 Å². The molecule has 0 atom stereocenters. The molecule has 0 fully saturated rings. The van der Waals surface area contributed by atoms with E-state index >= 15 is 0 Å². The first-order valence-electron chi connectivity index (χ1n) is 6.46. The van der Waals surface area contributed by atoms with Gasteiger partial charge in [-0.25, -0.2) is 0 Å². The Morgan fingerprint density at radius 2 is 1.65 bits per heavy atom. The van der Waals surface area contributed by atoms with Crippen LogP contribution in [0, 0.1) is 6.92 Å². The molecular formula is C17H20. The predicted octanol–water partition coefficient (Wildman–Crippen LogP) is 5.00. The number of rotatable bonds is 4. The molecule has 0 saturated carbocycles. The minimum absolute atomic E-state index is 1.21. The molecular weight excluding hydrogens is 204 g/mol. The summed E-state index contributed by atoms with van der Waals surface area (Å²) in [5, 5.41) is 0. The van der Waals surface area contributed by atoms with E-state index in [0.29, 0.717) is 0 Å². The van der Waals surface area contributed by atoms with Gasteiger partial charge in [-0.05, 0) is 42.0 Å². The van der Waals surface area contributed by atoms with E-state index in [1.54, 1.807) is 0 Å². The monoisotopic (exact) mass is 224 g/mol. The van der Waals surface area contributed by atoms with Gasteiger partial charge < -0.3 is 0 Å². The fourth-order valence-corrected chi connectivity index (χ4v) is 2.15. The zero-order chi connectivity index (χ0) is 12.1. The molecule has 0 aliphatic rings. The third-order valence-electron chi connectivity index (χ3n) is 3.25. The summed E-state index contributed by atoms with van der Waals surface area (Å²) in [6.45, 7) is 4.46. The average molecular weight is 224 g/mol. The highest BCUT2D eigenvalue weighted by Crippen LogP contribution is 2.22. The Morgan fingerprint density at radius 3 is 2.29 bits per heavy atom. The number of benzene rings is 2. The molecule has 0 aliphatic heterocycles. The molecule has 0 heteroatoms. The van der Waals surface area contributed by atoms with Crippen LogP contribution in [0.25, 0.3) is 11.1 Å². The summed E-state index contributed by atoms with van der Waals surface area (Å²) in [5.41, 5.74) is 5.53. The molecule has 0 unspecified atom stereocenters. The normalized spacial score (nSPS) is 10.5. The van der Waals surface area contributed by atoms with E-state index in [1.807, 2.05) is 0 Å². The van der Waals surface area contributed by atoms with Gasteiger partial charge in [-0.15, -0.1) is 0 Å². The van der Waals surface area contributed by atoms with Crippen molar-refractivity contribution in [2.75, 3.05) is 0 Å². The lowest BCUT2D eigenvalue weighted by atomic mass is 9.97. The highest BCUT2D eigenvalue weighted by molar-refractivity contribution is 5.64. The van der Waals surface area contributed by atoms with Crippen LogP contribution in [-0.2, 0) is 6.42 Å². The molecule has 0 heterocycles. The van der Waals surface area contributed by atoms with Gasteiger partial charge in [0.25, 0.3) is 0 Å². The van der Waals surface area contributed by atoms with E-state index in [4.69, 9.17) is 0 Å². The number of unbranched alkanes of at least 4 members (excludes halogenated alkanes) is 1. The van der Waals surface area contributed by atoms with Gasteiger partial charge in [0.15, 0.2) is 0 Å². The molecule has 0 amide bonds. The molecule has 0 aromatic heterocycles. The summed E-state index contributed by atoms with van der Waals surface area (Å²) in [5.74, 6) is 0. The molecule has 0 saturated heterocycles. The van der Waals surface area contributed by atoms with E-state index in [0.717, 1.165) is 0 Å². The lowest BCUT2D eigenvalue weighted by Crippen LogP contribution is -1.90. The fourth-order valence-electron chi connectivity index (χ4n) is 2.15. The summed E-state index contributed by atoms with van der Waals surface area (Å²) < 4.78 is 0.